The summed E-state index contributed by atoms with van der Waals surface area (Å²) >= 11 is 2.72. The summed E-state index contributed by atoms with van der Waals surface area (Å²) in [6.07, 6.45) is 4.50. The summed E-state index contributed by atoms with van der Waals surface area (Å²) in [6.45, 7) is 1.10. The van der Waals surface area contributed by atoms with Crippen molar-refractivity contribution in [3.8, 4) is 11.3 Å². The number of thiazole rings is 1. The van der Waals surface area contributed by atoms with E-state index in [1.807, 2.05) is 17.5 Å². The molecule has 10 heteroatoms. The van der Waals surface area contributed by atoms with Gasteiger partial charge in [-0.05, 0) is 36.4 Å². The van der Waals surface area contributed by atoms with Gasteiger partial charge in [-0.3, -0.25) is 9.78 Å². The summed E-state index contributed by atoms with van der Waals surface area (Å²) in [5, 5.41) is 7.50. The van der Waals surface area contributed by atoms with E-state index < -0.39 is 10.0 Å². The molecule has 7 nitrogen and oxygen atoms in total. The Morgan fingerprint density at radius 2 is 1.93 bits per heavy atom. The van der Waals surface area contributed by atoms with E-state index in [0.717, 1.165) is 16.3 Å². The second-order valence-corrected chi connectivity index (χ2v) is 10.7. The summed E-state index contributed by atoms with van der Waals surface area (Å²) in [7, 11) is -3.44. The number of aromatic nitrogens is 2. The number of nitrogens with zero attached hydrogens (tertiary/aromatic N) is 3. The van der Waals surface area contributed by atoms with Crippen molar-refractivity contribution >= 4 is 38.6 Å². The van der Waals surface area contributed by atoms with Gasteiger partial charge >= 0.3 is 0 Å². The van der Waals surface area contributed by atoms with E-state index >= 15 is 0 Å². The molecule has 0 bridgehead atoms. The van der Waals surface area contributed by atoms with Crippen molar-refractivity contribution in [2.45, 2.75) is 23.6 Å². The molecule has 1 saturated heterocycles. The fraction of sp³-hybridized carbons (Fsp3) is 0.316. The van der Waals surface area contributed by atoms with Crippen LogP contribution in [0.5, 0.6) is 0 Å². The third-order valence-electron chi connectivity index (χ3n) is 4.86. The van der Waals surface area contributed by atoms with Gasteiger partial charge in [-0.25, -0.2) is 13.4 Å². The van der Waals surface area contributed by atoms with Crippen LogP contribution in [0.4, 0.5) is 0 Å². The molecule has 0 aromatic carbocycles. The average molecular weight is 449 g/mol. The first-order valence-electron chi connectivity index (χ1n) is 9.20. The first-order valence-corrected chi connectivity index (χ1v) is 12.4. The van der Waals surface area contributed by atoms with Gasteiger partial charge in [0.15, 0.2) is 0 Å². The number of carbonyl (C=O) groups is 1. The van der Waals surface area contributed by atoms with Crippen molar-refractivity contribution in [1.29, 1.82) is 0 Å². The molecule has 152 valence electrons. The number of hydrogen-bond acceptors (Lipinski definition) is 7. The van der Waals surface area contributed by atoms with Gasteiger partial charge in [-0.2, -0.15) is 4.31 Å². The lowest BCUT2D eigenvalue weighted by Gasteiger charge is -2.30. The number of amides is 1. The normalized spacial score (nSPS) is 16.0. The first kappa shape index (κ1) is 20.1. The van der Waals surface area contributed by atoms with Crippen molar-refractivity contribution < 1.29 is 13.2 Å². The molecule has 1 aliphatic heterocycles. The van der Waals surface area contributed by atoms with Gasteiger partial charge in [-0.1, -0.05) is 6.07 Å². The van der Waals surface area contributed by atoms with Crippen LogP contribution in [0.3, 0.4) is 0 Å². The van der Waals surface area contributed by atoms with Crippen molar-refractivity contribution in [2.75, 3.05) is 13.1 Å². The molecule has 0 radical (unpaired) electrons. The summed E-state index contributed by atoms with van der Waals surface area (Å²) in [5.74, 6) is -0.219. The highest BCUT2D eigenvalue weighted by Gasteiger charge is 2.32. The monoisotopic (exact) mass is 448 g/mol. The number of nitrogens with one attached hydrogen (secondary N) is 1. The standard InChI is InChI=1S/C19H20N4O3S3/c24-19(21-12-17-22-16(13-28-17)14-3-7-20-8-4-14)15-5-9-23(10-6-15)29(25,26)18-2-1-11-27-18/h1-4,7-8,11,13,15H,5-6,9-10,12H2,(H,21,24). The van der Waals surface area contributed by atoms with E-state index in [1.165, 1.54) is 27.0 Å². The third-order valence-corrected chi connectivity index (χ3v) is 8.98. The number of piperidine rings is 1. The lowest BCUT2D eigenvalue weighted by Crippen LogP contribution is -2.42. The van der Waals surface area contributed by atoms with Gasteiger partial charge in [0, 0.05) is 42.3 Å². The van der Waals surface area contributed by atoms with Crippen molar-refractivity contribution in [3.63, 3.8) is 0 Å². The maximum Gasteiger partial charge on any atom is 0.252 e. The van der Waals surface area contributed by atoms with Crippen LogP contribution in [0.2, 0.25) is 0 Å². The molecule has 1 aliphatic rings. The van der Waals surface area contributed by atoms with Crippen molar-refractivity contribution in [3.05, 3.63) is 52.4 Å². The average Bonchev–Trinajstić information content (AvgIpc) is 3.45. The number of sulfonamides is 1. The van der Waals surface area contributed by atoms with Crippen LogP contribution < -0.4 is 5.32 Å². The minimum Gasteiger partial charge on any atom is -0.349 e. The van der Waals surface area contributed by atoms with E-state index in [4.69, 9.17) is 0 Å². The predicted molar refractivity (Wildman–Crippen MR) is 113 cm³/mol. The maximum absolute atomic E-state index is 12.6. The van der Waals surface area contributed by atoms with E-state index in [9.17, 15) is 13.2 Å². The summed E-state index contributed by atoms with van der Waals surface area (Å²) in [6, 6.07) is 7.15. The van der Waals surface area contributed by atoms with Crippen molar-refractivity contribution in [1.82, 2.24) is 19.6 Å². The number of rotatable bonds is 6. The molecule has 4 rings (SSSR count). The zero-order valence-electron chi connectivity index (χ0n) is 15.5. The highest BCUT2D eigenvalue weighted by molar-refractivity contribution is 7.91. The first-order chi connectivity index (χ1) is 14.0. The zero-order chi connectivity index (χ0) is 20.3. The Morgan fingerprint density at radius 3 is 2.62 bits per heavy atom. The summed E-state index contributed by atoms with van der Waals surface area (Å²) in [4.78, 5) is 21.1. The quantitative estimate of drug-likeness (QED) is 0.626. The lowest BCUT2D eigenvalue weighted by molar-refractivity contribution is -0.126. The Morgan fingerprint density at radius 1 is 1.17 bits per heavy atom. The summed E-state index contributed by atoms with van der Waals surface area (Å²) < 4.78 is 27.0. The Labute approximate surface area is 177 Å². The smallest absolute Gasteiger partial charge is 0.252 e. The summed E-state index contributed by atoms with van der Waals surface area (Å²) in [5.41, 5.74) is 1.86. The number of pyridine rings is 1. The van der Waals surface area contributed by atoms with Crippen LogP contribution >= 0.6 is 22.7 Å². The molecule has 4 heterocycles. The SMILES string of the molecule is O=C(NCc1nc(-c2ccncc2)cs1)C1CCN(S(=O)(=O)c2cccs2)CC1. The van der Waals surface area contributed by atoms with Gasteiger partial charge in [-0.15, -0.1) is 22.7 Å². The largest absolute Gasteiger partial charge is 0.349 e. The molecular weight excluding hydrogens is 428 g/mol. The highest BCUT2D eigenvalue weighted by Crippen LogP contribution is 2.26. The molecule has 0 spiro atoms. The second kappa shape index (κ2) is 8.70. The molecule has 3 aromatic rings. The van der Waals surface area contributed by atoms with Crippen LogP contribution in [0.15, 0.2) is 51.6 Å². The minimum absolute atomic E-state index is 0.0427. The molecule has 1 amide bonds. The molecule has 29 heavy (non-hydrogen) atoms. The Balaban J connectivity index is 1.29. The lowest BCUT2D eigenvalue weighted by atomic mass is 9.97. The van der Waals surface area contributed by atoms with Gasteiger partial charge < -0.3 is 5.32 Å². The minimum atomic E-state index is -3.44. The Bertz CT molecular complexity index is 1060. The van der Waals surface area contributed by atoms with E-state index in [0.29, 0.717) is 36.7 Å². The zero-order valence-corrected chi connectivity index (χ0v) is 18.0. The fourth-order valence-corrected chi connectivity index (χ4v) is 6.61. The number of carbonyl (C=O) groups excluding carboxylic acids is 1. The second-order valence-electron chi connectivity index (χ2n) is 6.69. The molecule has 0 aliphatic carbocycles. The van der Waals surface area contributed by atoms with Crippen LogP contribution in [0.1, 0.15) is 17.8 Å². The van der Waals surface area contributed by atoms with Gasteiger partial charge in [0.2, 0.25) is 5.91 Å². The topological polar surface area (TPSA) is 92.3 Å². The highest BCUT2D eigenvalue weighted by atomic mass is 32.2. The van der Waals surface area contributed by atoms with Crippen LogP contribution in [0, 0.1) is 5.92 Å². The molecule has 3 aromatic heterocycles. The van der Waals surface area contributed by atoms with E-state index in [2.05, 4.69) is 15.3 Å². The maximum atomic E-state index is 12.6. The molecule has 1 N–H and O–H groups in total. The van der Waals surface area contributed by atoms with Crippen molar-refractivity contribution in [2.24, 2.45) is 5.92 Å². The van der Waals surface area contributed by atoms with Crippen LogP contribution in [-0.4, -0.2) is 41.7 Å². The number of thiophene rings is 1. The van der Waals surface area contributed by atoms with E-state index in [1.54, 1.807) is 29.9 Å². The molecule has 0 saturated carbocycles. The van der Waals surface area contributed by atoms with Gasteiger partial charge in [0.25, 0.3) is 10.0 Å². The Hall–Kier alpha value is -2.14. The van der Waals surface area contributed by atoms with Gasteiger partial charge in [0.05, 0.1) is 12.2 Å². The Kier molecular flexibility index (Phi) is 6.04. The fourth-order valence-electron chi connectivity index (χ4n) is 3.25. The third kappa shape index (κ3) is 4.55. The van der Waals surface area contributed by atoms with Gasteiger partial charge in [0.1, 0.15) is 9.22 Å². The molecule has 0 atom stereocenters. The number of hydrogen-bond donors (Lipinski definition) is 1. The van der Waals surface area contributed by atoms with Crippen LogP contribution in [-0.2, 0) is 21.4 Å². The molecule has 1 fully saturated rings. The molecule has 0 unspecified atom stereocenters. The molecular formula is C19H20N4O3S3. The van der Waals surface area contributed by atoms with Crippen LogP contribution in [0.25, 0.3) is 11.3 Å². The predicted octanol–water partition coefficient (Wildman–Crippen LogP) is 2.98. The van der Waals surface area contributed by atoms with E-state index in [-0.39, 0.29) is 11.8 Å².